The van der Waals surface area contributed by atoms with Crippen molar-refractivity contribution in [1.29, 1.82) is 10.5 Å². The molecule has 0 aromatic heterocycles. The second kappa shape index (κ2) is 12.8. The Morgan fingerprint density at radius 2 is 1.29 bits per heavy atom. The van der Waals surface area contributed by atoms with E-state index in [9.17, 15) is 4.79 Å². The smallest absolute Gasteiger partial charge is 0.186 e. The Hall–Kier alpha value is -2.52. The highest BCUT2D eigenvalue weighted by Crippen LogP contribution is 2.20. The number of hydrogen-bond donors (Lipinski definition) is 0. The Labute approximate surface area is 171 Å². The molecule has 2 aromatic rings. The molecule has 6 heteroatoms. The summed E-state index contributed by atoms with van der Waals surface area (Å²) in [5, 5.41) is 17.2. The number of carbonyl (C=O) groups excluding carboxylic acids is 1. The monoisotopic (exact) mass is 410 g/mol. The SMILES string of the molecule is C[Si](C)(C)C#N.C[Si](C)(C)OC(C#N)c1ccccc1.O=Cc1ccccc1. The maximum Gasteiger partial charge on any atom is 0.186 e. The van der Waals surface area contributed by atoms with E-state index in [1.165, 1.54) is 0 Å². The summed E-state index contributed by atoms with van der Waals surface area (Å²) in [4.78, 5) is 10.0. The van der Waals surface area contributed by atoms with Crippen molar-refractivity contribution in [2.75, 3.05) is 0 Å². The first-order valence-electron chi connectivity index (χ1n) is 9.06. The molecule has 2 rings (SSSR count). The lowest BCUT2D eigenvalue weighted by atomic mass is 10.1. The Bertz CT molecular complexity index is 769. The first kappa shape index (κ1) is 25.5. The highest BCUT2D eigenvalue weighted by Gasteiger charge is 2.21. The van der Waals surface area contributed by atoms with Gasteiger partial charge in [-0.2, -0.15) is 5.26 Å². The average molecular weight is 411 g/mol. The first-order valence-corrected chi connectivity index (χ1v) is 16.0. The molecule has 0 aliphatic carbocycles. The van der Waals surface area contributed by atoms with Crippen LogP contribution in [0.4, 0.5) is 0 Å². The van der Waals surface area contributed by atoms with Crippen LogP contribution in [0, 0.1) is 22.3 Å². The van der Waals surface area contributed by atoms with Crippen LogP contribution in [0.25, 0.3) is 0 Å². The van der Waals surface area contributed by atoms with Crippen LogP contribution in [0.3, 0.4) is 0 Å². The van der Waals surface area contributed by atoms with Crippen LogP contribution in [0.15, 0.2) is 60.7 Å². The maximum atomic E-state index is 10.0. The molecule has 1 atom stereocenters. The standard InChI is InChI=1S/C11H15NOSi.C7H6O.C4H9NSi/c1-14(2,3)13-11(9-12)10-7-5-4-6-8-10;8-6-7-4-2-1-3-5-7;1-6(2,3)4-5/h4-8,11H,1-3H3;1-6H;1-3H3. The van der Waals surface area contributed by atoms with Crippen LogP contribution in [0.1, 0.15) is 22.0 Å². The van der Waals surface area contributed by atoms with E-state index >= 15 is 0 Å². The Kier molecular flexibility index (Phi) is 11.6. The molecule has 0 N–H and O–H groups in total. The van der Waals surface area contributed by atoms with Crippen molar-refractivity contribution in [3.63, 3.8) is 0 Å². The predicted molar refractivity (Wildman–Crippen MR) is 120 cm³/mol. The molecule has 2 aromatic carbocycles. The minimum Gasteiger partial charge on any atom is -0.399 e. The number of nitrogens with zero attached hydrogens (tertiary/aromatic N) is 2. The fraction of sp³-hybridized carbons (Fsp3) is 0.318. The van der Waals surface area contributed by atoms with Crippen molar-refractivity contribution in [2.24, 2.45) is 0 Å². The Morgan fingerprint density at radius 1 is 0.857 bits per heavy atom. The van der Waals surface area contributed by atoms with Crippen molar-refractivity contribution in [2.45, 2.75) is 45.4 Å². The summed E-state index contributed by atoms with van der Waals surface area (Å²) in [6, 6.07) is 20.9. The summed E-state index contributed by atoms with van der Waals surface area (Å²) in [7, 11) is -2.97. The van der Waals surface area contributed by atoms with Crippen molar-refractivity contribution in [1.82, 2.24) is 0 Å². The van der Waals surface area contributed by atoms with Gasteiger partial charge in [-0.15, -0.1) is 0 Å². The predicted octanol–water partition coefficient (Wildman–Crippen LogP) is 5.99. The second-order valence-corrected chi connectivity index (χ2v) is 17.2. The van der Waals surface area contributed by atoms with E-state index in [1.807, 2.05) is 68.2 Å². The Morgan fingerprint density at radius 3 is 1.57 bits per heavy atom. The van der Waals surface area contributed by atoms with Gasteiger partial charge in [0.05, 0.1) is 6.07 Å². The van der Waals surface area contributed by atoms with E-state index in [4.69, 9.17) is 14.9 Å². The number of rotatable bonds is 4. The minimum atomic E-state index is -1.65. The van der Waals surface area contributed by atoms with Gasteiger partial charge in [0.15, 0.2) is 22.5 Å². The van der Waals surface area contributed by atoms with E-state index in [0.717, 1.165) is 17.4 Å². The zero-order chi connectivity index (χ0) is 21.6. The molecule has 0 amide bonds. The average Bonchev–Trinajstić information content (AvgIpc) is 2.67. The second-order valence-electron chi connectivity index (χ2n) is 8.04. The van der Waals surface area contributed by atoms with Gasteiger partial charge in [0.2, 0.25) is 0 Å². The summed E-state index contributed by atoms with van der Waals surface area (Å²) < 4.78 is 5.75. The molecule has 0 saturated heterocycles. The number of nitriles is 2. The van der Waals surface area contributed by atoms with Gasteiger partial charge in [0, 0.05) is 11.3 Å². The number of aldehydes is 1. The zero-order valence-corrected chi connectivity index (χ0v) is 19.6. The van der Waals surface area contributed by atoms with Gasteiger partial charge in [-0.3, -0.25) is 4.79 Å². The molecular formula is C22H30N2O2Si2. The minimum absolute atomic E-state index is 0.414. The van der Waals surface area contributed by atoms with Crippen molar-refractivity contribution in [3.05, 3.63) is 71.8 Å². The normalized spacial score (nSPS) is 11.3. The fourth-order valence-electron chi connectivity index (χ4n) is 1.68. The van der Waals surface area contributed by atoms with Crippen molar-refractivity contribution in [3.8, 4) is 11.8 Å². The lowest BCUT2D eigenvalue weighted by Gasteiger charge is -2.21. The number of benzene rings is 2. The lowest BCUT2D eigenvalue weighted by molar-refractivity contribution is 0.112. The van der Waals surface area contributed by atoms with E-state index in [-0.39, 0.29) is 0 Å². The van der Waals surface area contributed by atoms with Gasteiger partial charge < -0.3 is 4.43 Å². The topological polar surface area (TPSA) is 73.9 Å². The van der Waals surface area contributed by atoms with Crippen LogP contribution in [-0.2, 0) is 4.43 Å². The van der Waals surface area contributed by atoms with Gasteiger partial charge >= 0.3 is 0 Å². The third-order valence-electron chi connectivity index (χ3n) is 2.96. The summed E-state index contributed by atoms with van der Waals surface area (Å²) in [5.41, 5.74) is 3.91. The molecule has 1 unspecified atom stereocenters. The molecule has 4 nitrogen and oxygen atoms in total. The third kappa shape index (κ3) is 13.7. The summed E-state index contributed by atoms with van der Waals surface area (Å²) in [6.45, 7) is 12.3. The molecule has 148 valence electrons. The van der Waals surface area contributed by atoms with E-state index in [0.29, 0.717) is 0 Å². The molecule has 0 fully saturated rings. The zero-order valence-electron chi connectivity index (χ0n) is 17.6. The van der Waals surface area contributed by atoms with Crippen LogP contribution < -0.4 is 0 Å². The quantitative estimate of drug-likeness (QED) is 0.458. The highest BCUT2D eigenvalue weighted by atomic mass is 28.4. The third-order valence-corrected chi connectivity index (χ3v) is 4.58. The van der Waals surface area contributed by atoms with Crippen LogP contribution in [0.5, 0.6) is 0 Å². The molecule has 0 spiro atoms. The van der Waals surface area contributed by atoms with Gasteiger partial charge in [-0.1, -0.05) is 80.3 Å². The molecule has 0 saturated carbocycles. The van der Waals surface area contributed by atoms with Crippen LogP contribution >= 0.6 is 0 Å². The summed E-state index contributed by atoms with van der Waals surface area (Å²) >= 11 is 0. The highest BCUT2D eigenvalue weighted by molar-refractivity contribution is 6.83. The molecular weight excluding hydrogens is 380 g/mol. The Balaban J connectivity index is 0.000000439. The maximum absolute atomic E-state index is 10.0. The first-order chi connectivity index (χ1) is 13.0. The summed E-state index contributed by atoms with van der Waals surface area (Å²) in [6.07, 6.45) is 0.419. The molecule has 0 aliphatic rings. The van der Waals surface area contributed by atoms with Crippen LogP contribution in [0.2, 0.25) is 39.3 Å². The molecule has 0 bridgehead atoms. The van der Waals surface area contributed by atoms with Gasteiger partial charge in [-0.25, -0.2) is 5.26 Å². The van der Waals surface area contributed by atoms with Gasteiger partial charge in [0.1, 0.15) is 6.29 Å². The van der Waals surface area contributed by atoms with Crippen LogP contribution in [-0.4, -0.2) is 22.7 Å². The lowest BCUT2D eigenvalue weighted by Crippen LogP contribution is -2.27. The number of carbonyl (C=O) groups is 1. The van der Waals surface area contributed by atoms with E-state index < -0.39 is 22.5 Å². The van der Waals surface area contributed by atoms with E-state index in [2.05, 4.69) is 31.4 Å². The van der Waals surface area contributed by atoms with Crippen molar-refractivity contribution < 1.29 is 9.22 Å². The van der Waals surface area contributed by atoms with Gasteiger partial charge in [0.25, 0.3) is 0 Å². The molecule has 0 aliphatic heterocycles. The molecule has 0 heterocycles. The molecule has 28 heavy (non-hydrogen) atoms. The fourth-order valence-corrected chi connectivity index (χ4v) is 2.58. The van der Waals surface area contributed by atoms with Gasteiger partial charge in [-0.05, 0) is 25.2 Å². The van der Waals surface area contributed by atoms with E-state index in [1.54, 1.807) is 12.1 Å². The number of hydrogen-bond acceptors (Lipinski definition) is 4. The largest absolute Gasteiger partial charge is 0.399 e. The van der Waals surface area contributed by atoms with Crippen molar-refractivity contribution >= 4 is 22.7 Å². The molecule has 0 radical (unpaired) electrons. The summed E-state index contributed by atoms with van der Waals surface area (Å²) in [5.74, 6) is 0.